The highest BCUT2D eigenvalue weighted by Crippen LogP contribution is 2.68. The minimum absolute atomic E-state index is 0.000208. The fourth-order valence-electron chi connectivity index (χ4n) is 7.12. The smallest absolute Gasteiger partial charge is 0.334 e. The van der Waals surface area contributed by atoms with Crippen molar-refractivity contribution in [2.24, 2.45) is 28.1 Å². The SMILES string of the molecule is C[C@]12CCC[C@](C)(C(=O)O)C1CC[C@@]1(C)C3=C(CCC21)COC3=O. The van der Waals surface area contributed by atoms with Gasteiger partial charge in [0.2, 0.25) is 0 Å². The number of rotatable bonds is 1. The third-order valence-corrected chi connectivity index (χ3v) is 8.22. The summed E-state index contributed by atoms with van der Waals surface area (Å²) < 4.78 is 5.36. The van der Waals surface area contributed by atoms with Crippen LogP contribution in [0.1, 0.15) is 65.7 Å². The topological polar surface area (TPSA) is 63.6 Å². The lowest BCUT2D eigenvalue weighted by atomic mass is 9.40. The number of hydrogen-bond donors (Lipinski definition) is 1. The highest BCUT2D eigenvalue weighted by atomic mass is 16.5. The Balaban J connectivity index is 1.79. The van der Waals surface area contributed by atoms with Crippen LogP contribution in [0.5, 0.6) is 0 Å². The molecule has 1 heterocycles. The summed E-state index contributed by atoms with van der Waals surface area (Å²) in [6, 6.07) is 0. The Morgan fingerprint density at radius 3 is 2.58 bits per heavy atom. The van der Waals surface area contributed by atoms with Crippen LogP contribution in [-0.2, 0) is 14.3 Å². The number of aliphatic carboxylic acids is 1. The lowest BCUT2D eigenvalue weighted by molar-refractivity contribution is -0.176. The fraction of sp³-hybridized carbons (Fsp3) is 0.800. The quantitative estimate of drug-likeness (QED) is 0.739. The molecule has 0 amide bonds. The number of carboxylic acid groups (broad SMARTS) is 1. The Kier molecular flexibility index (Phi) is 3.27. The Hall–Kier alpha value is -1.32. The number of cyclic esters (lactones) is 1. The van der Waals surface area contributed by atoms with Gasteiger partial charge in [-0.05, 0) is 68.3 Å². The third kappa shape index (κ3) is 1.80. The third-order valence-electron chi connectivity index (χ3n) is 8.22. The molecular formula is C20H28O4. The summed E-state index contributed by atoms with van der Waals surface area (Å²) >= 11 is 0. The van der Waals surface area contributed by atoms with Crippen LogP contribution in [0.15, 0.2) is 11.1 Å². The van der Waals surface area contributed by atoms with Crippen molar-refractivity contribution in [3.8, 4) is 0 Å². The molecule has 2 unspecified atom stereocenters. The second-order valence-electron chi connectivity index (χ2n) is 9.24. The molecule has 2 fully saturated rings. The van der Waals surface area contributed by atoms with E-state index in [1.54, 1.807) is 0 Å². The first kappa shape index (κ1) is 16.2. The van der Waals surface area contributed by atoms with Crippen molar-refractivity contribution in [1.82, 2.24) is 0 Å². The normalized spacial score (nSPS) is 47.5. The van der Waals surface area contributed by atoms with Gasteiger partial charge < -0.3 is 9.84 Å². The maximum Gasteiger partial charge on any atom is 0.334 e. The van der Waals surface area contributed by atoms with E-state index in [1.165, 1.54) is 5.57 Å². The van der Waals surface area contributed by atoms with Crippen LogP contribution in [0, 0.1) is 28.1 Å². The monoisotopic (exact) mass is 332 g/mol. The minimum atomic E-state index is -0.641. The highest BCUT2D eigenvalue weighted by Gasteiger charge is 2.64. The van der Waals surface area contributed by atoms with Gasteiger partial charge in [-0.2, -0.15) is 0 Å². The van der Waals surface area contributed by atoms with Gasteiger partial charge >= 0.3 is 11.9 Å². The molecule has 4 nitrogen and oxygen atoms in total. The Labute approximate surface area is 143 Å². The second-order valence-corrected chi connectivity index (χ2v) is 9.24. The molecule has 0 bridgehead atoms. The zero-order valence-corrected chi connectivity index (χ0v) is 15.0. The van der Waals surface area contributed by atoms with E-state index in [1.807, 2.05) is 6.92 Å². The molecule has 0 aromatic heterocycles. The van der Waals surface area contributed by atoms with E-state index in [0.29, 0.717) is 12.5 Å². The number of carbonyl (C=O) groups is 2. The molecule has 4 rings (SSSR count). The van der Waals surface area contributed by atoms with Crippen LogP contribution in [-0.4, -0.2) is 23.7 Å². The first-order valence-corrected chi connectivity index (χ1v) is 9.36. The zero-order valence-electron chi connectivity index (χ0n) is 15.0. The van der Waals surface area contributed by atoms with Crippen LogP contribution >= 0.6 is 0 Å². The molecular weight excluding hydrogens is 304 g/mol. The van der Waals surface area contributed by atoms with Gasteiger partial charge in [0.1, 0.15) is 6.61 Å². The van der Waals surface area contributed by atoms with Crippen LogP contribution in [0.4, 0.5) is 0 Å². The van der Waals surface area contributed by atoms with Gasteiger partial charge in [0.25, 0.3) is 0 Å². The molecule has 0 aromatic carbocycles. The molecule has 0 aromatic rings. The zero-order chi connectivity index (χ0) is 17.3. The Bertz CT molecular complexity index is 650. The van der Waals surface area contributed by atoms with E-state index in [9.17, 15) is 14.7 Å². The molecule has 3 aliphatic carbocycles. The van der Waals surface area contributed by atoms with Crippen LogP contribution < -0.4 is 0 Å². The number of carbonyl (C=O) groups excluding carboxylic acids is 1. The number of ether oxygens (including phenoxy) is 1. The second kappa shape index (κ2) is 4.86. The van der Waals surface area contributed by atoms with Crippen molar-refractivity contribution in [3.05, 3.63) is 11.1 Å². The maximum atomic E-state index is 12.4. The molecule has 5 atom stereocenters. The molecule has 0 spiro atoms. The minimum Gasteiger partial charge on any atom is -0.481 e. The predicted octanol–water partition coefficient (Wildman–Crippen LogP) is 3.95. The molecule has 2 saturated carbocycles. The van der Waals surface area contributed by atoms with Gasteiger partial charge in [0.05, 0.1) is 5.41 Å². The molecule has 1 N–H and O–H groups in total. The van der Waals surface area contributed by atoms with Gasteiger partial charge in [0.15, 0.2) is 0 Å². The van der Waals surface area contributed by atoms with E-state index in [2.05, 4.69) is 13.8 Å². The van der Waals surface area contributed by atoms with E-state index in [4.69, 9.17) is 4.74 Å². The van der Waals surface area contributed by atoms with E-state index >= 15 is 0 Å². The van der Waals surface area contributed by atoms with E-state index < -0.39 is 11.4 Å². The predicted molar refractivity (Wildman–Crippen MR) is 89.2 cm³/mol. The summed E-state index contributed by atoms with van der Waals surface area (Å²) in [6.07, 6.45) is 6.65. The average molecular weight is 332 g/mol. The van der Waals surface area contributed by atoms with Crippen molar-refractivity contribution in [2.75, 3.05) is 6.61 Å². The number of fused-ring (bicyclic) bond motifs is 4. The van der Waals surface area contributed by atoms with E-state index in [-0.39, 0.29) is 22.7 Å². The molecule has 1 aliphatic heterocycles. The lowest BCUT2D eigenvalue weighted by Crippen LogP contribution is -2.58. The fourth-order valence-corrected chi connectivity index (χ4v) is 7.12. The summed E-state index contributed by atoms with van der Waals surface area (Å²) in [5.41, 5.74) is 1.39. The van der Waals surface area contributed by atoms with Crippen molar-refractivity contribution in [3.63, 3.8) is 0 Å². The van der Waals surface area contributed by atoms with Gasteiger partial charge in [0, 0.05) is 11.0 Å². The molecule has 0 radical (unpaired) electrons. The van der Waals surface area contributed by atoms with Crippen LogP contribution in [0.25, 0.3) is 0 Å². The lowest BCUT2D eigenvalue weighted by Gasteiger charge is -2.63. The summed E-state index contributed by atoms with van der Waals surface area (Å²) in [5, 5.41) is 9.92. The average Bonchev–Trinajstić information content (AvgIpc) is 2.89. The number of carboxylic acids is 1. The first-order chi connectivity index (χ1) is 11.2. The van der Waals surface area contributed by atoms with Gasteiger partial charge in [-0.25, -0.2) is 4.79 Å². The van der Waals surface area contributed by atoms with Crippen molar-refractivity contribution < 1.29 is 19.4 Å². The van der Waals surface area contributed by atoms with Gasteiger partial charge in [-0.3, -0.25) is 4.79 Å². The van der Waals surface area contributed by atoms with Gasteiger partial charge in [-0.15, -0.1) is 0 Å². The standard InChI is InChI=1S/C20H28O4/c1-18-8-4-9-20(3,17(22)23)14(18)7-10-19(2)13(18)6-5-12-11-24-16(21)15(12)19/h13-14H,4-11H2,1-3H3,(H,22,23)/t13?,14?,18-,19-,20+/m1/s1. The maximum absolute atomic E-state index is 12.4. The summed E-state index contributed by atoms with van der Waals surface area (Å²) in [7, 11) is 0. The van der Waals surface area contributed by atoms with E-state index in [0.717, 1.165) is 50.5 Å². The van der Waals surface area contributed by atoms with Gasteiger partial charge in [-0.1, -0.05) is 20.3 Å². The summed E-state index contributed by atoms with van der Waals surface area (Å²) in [6.45, 7) is 6.99. The summed E-state index contributed by atoms with van der Waals surface area (Å²) in [4.78, 5) is 24.5. The van der Waals surface area contributed by atoms with Crippen molar-refractivity contribution in [2.45, 2.75) is 65.7 Å². The molecule has 132 valence electrons. The van der Waals surface area contributed by atoms with Crippen molar-refractivity contribution in [1.29, 1.82) is 0 Å². The molecule has 4 heteroatoms. The Morgan fingerprint density at radius 1 is 1.12 bits per heavy atom. The van der Waals surface area contributed by atoms with Crippen molar-refractivity contribution >= 4 is 11.9 Å². The highest BCUT2D eigenvalue weighted by molar-refractivity contribution is 5.93. The molecule has 4 aliphatic rings. The first-order valence-electron chi connectivity index (χ1n) is 9.36. The van der Waals surface area contributed by atoms with Crippen LogP contribution in [0.2, 0.25) is 0 Å². The number of hydrogen-bond acceptors (Lipinski definition) is 3. The Morgan fingerprint density at radius 2 is 1.88 bits per heavy atom. The van der Waals surface area contributed by atoms with Crippen LogP contribution in [0.3, 0.4) is 0 Å². The largest absolute Gasteiger partial charge is 0.481 e. The number of esters is 1. The summed E-state index contributed by atoms with van der Waals surface area (Å²) in [5.74, 6) is -0.171. The molecule has 0 saturated heterocycles. The molecule has 24 heavy (non-hydrogen) atoms.